The summed E-state index contributed by atoms with van der Waals surface area (Å²) in [6, 6.07) is 8.61. The zero-order valence-corrected chi connectivity index (χ0v) is 13.2. The number of likely N-dealkylation sites (tertiary alicyclic amines) is 1. The van der Waals surface area contributed by atoms with Gasteiger partial charge < -0.3 is 5.32 Å². The lowest BCUT2D eigenvalue weighted by atomic mass is 9.87. The smallest absolute Gasteiger partial charge is 0.249 e. The molecule has 1 atom stereocenters. The molecule has 0 spiro atoms. The van der Waals surface area contributed by atoms with Crippen LogP contribution in [-0.4, -0.2) is 40.7 Å². The van der Waals surface area contributed by atoms with Crippen LogP contribution in [0.5, 0.6) is 0 Å². The van der Waals surface area contributed by atoms with Gasteiger partial charge in [-0.25, -0.2) is 4.39 Å². The Labute approximate surface area is 135 Å². The van der Waals surface area contributed by atoms with E-state index < -0.39 is 5.54 Å². The molecule has 1 N–H and O–H groups in total. The molecule has 0 bridgehead atoms. The molecule has 1 aromatic carbocycles. The molecule has 2 heterocycles. The number of halogens is 1. The summed E-state index contributed by atoms with van der Waals surface area (Å²) in [5.74, 6) is -0.262. The lowest BCUT2D eigenvalue weighted by molar-refractivity contribution is -0.133. The Bertz CT molecular complexity index is 673. The van der Waals surface area contributed by atoms with Crippen molar-refractivity contribution in [3.8, 4) is 0 Å². The van der Waals surface area contributed by atoms with Crippen molar-refractivity contribution in [2.45, 2.75) is 24.9 Å². The lowest BCUT2D eigenvalue weighted by Gasteiger charge is -2.41. The number of carbonyl (C=O) groups excluding carboxylic acids is 1. The van der Waals surface area contributed by atoms with Crippen LogP contribution in [0, 0.1) is 5.82 Å². The van der Waals surface area contributed by atoms with Crippen LogP contribution in [0.3, 0.4) is 0 Å². The molecule has 3 rings (SSSR count). The van der Waals surface area contributed by atoms with Gasteiger partial charge in [-0.05, 0) is 31.5 Å². The van der Waals surface area contributed by atoms with Crippen molar-refractivity contribution in [3.05, 3.63) is 54.1 Å². The summed E-state index contributed by atoms with van der Waals surface area (Å²) in [4.78, 5) is 14.7. The fourth-order valence-electron chi connectivity index (χ4n) is 3.36. The van der Waals surface area contributed by atoms with Crippen LogP contribution < -0.4 is 5.32 Å². The lowest BCUT2D eigenvalue weighted by Crippen LogP contribution is -2.57. The number of aromatic nitrogens is 2. The van der Waals surface area contributed by atoms with E-state index >= 15 is 0 Å². The first-order valence-corrected chi connectivity index (χ1v) is 7.84. The number of hydrogen-bond acceptors (Lipinski definition) is 3. The third-order valence-electron chi connectivity index (χ3n) is 4.49. The van der Waals surface area contributed by atoms with E-state index in [0.29, 0.717) is 18.7 Å². The summed E-state index contributed by atoms with van der Waals surface area (Å²) >= 11 is 0. The van der Waals surface area contributed by atoms with Gasteiger partial charge in [-0.3, -0.25) is 14.4 Å². The zero-order valence-electron chi connectivity index (χ0n) is 13.2. The number of nitrogens with zero attached hydrogens (tertiary/aromatic N) is 3. The first-order valence-electron chi connectivity index (χ1n) is 7.84. The standard InChI is InChI=1S/C17H21FN4O/c1-19-16(23)17(22-11-5-9-20-22)8-4-10-21(13-17)12-14-6-2-3-7-15(14)18/h2-3,5-7,9,11H,4,8,10,12-13H2,1H3,(H,19,23). The molecule has 1 aromatic heterocycles. The Hall–Kier alpha value is -2.21. The number of carbonyl (C=O) groups is 1. The van der Waals surface area contributed by atoms with Crippen molar-refractivity contribution < 1.29 is 9.18 Å². The van der Waals surface area contributed by atoms with Gasteiger partial charge in [0.05, 0.1) is 0 Å². The minimum absolute atomic E-state index is 0.0561. The number of amides is 1. The van der Waals surface area contributed by atoms with E-state index in [-0.39, 0.29) is 11.7 Å². The number of rotatable bonds is 4. The van der Waals surface area contributed by atoms with Gasteiger partial charge in [-0.2, -0.15) is 5.10 Å². The number of likely N-dealkylation sites (N-methyl/N-ethyl adjacent to an activating group) is 1. The largest absolute Gasteiger partial charge is 0.357 e. The molecular weight excluding hydrogens is 295 g/mol. The SMILES string of the molecule is CNC(=O)C1(n2cccn2)CCCN(Cc2ccccc2F)C1. The van der Waals surface area contributed by atoms with Crippen molar-refractivity contribution >= 4 is 5.91 Å². The van der Waals surface area contributed by atoms with Gasteiger partial charge in [0, 0.05) is 38.1 Å². The van der Waals surface area contributed by atoms with Crippen LogP contribution >= 0.6 is 0 Å². The molecule has 122 valence electrons. The van der Waals surface area contributed by atoms with Crippen LogP contribution in [0.4, 0.5) is 4.39 Å². The van der Waals surface area contributed by atoms with Gasteiger partial charge in [-0.1, -0.05) is 18.2 Å². The Morgan fingerprint density at radius 2 is 2.22 bits per heavy atom. The summed E-state index contributed by atoms with van der Waals surface area (Å²) in [7, 11) is 1.64. The van der Waals surface area contributed by atoms with Gasteiger partial charge >= 0.3 is 0 Å². The maximum atomic E-state index is 13.9. The van der Waals surface area contributed by atoms with E-state index in [1.165, 1.54) is 6.07 Å². The number of nitrogens with one attached hydrogen (secondary N) is 1. The molecule has 1 unspecified atom stereocenters. The maximum Gasteiger partial charge on any atom is 0.249 e. The Morgan fingerprint density at radius 3 is 2.91 bits per heavy atom. The second-order valence-corrected chi connectivity index (χ2v) is 5.97. The van der Waals surface area contributed by atoms with Gasteiger partial charge in [0.25, 0.3) is 0 Å². The van der Waals surface area contributed by atoms with Gasteiger partial charge in [-0.15, -0.1) is 0 Å². The topological polar surface area (TPSA) is 50.2 Å². The minimum atomic E-state index is -0.734. The second kappa shape index (κ2) is 6.50. The average molecular weight is 316 g/mol. The Kier molecular flexibility index (Phi) is 4.43. The van der Waals surface area contributed by atoms with Gasteiger partial charge in [0.2, 0.25) is 5.91 Å². The molecule has 1 aliphatic heterocycles. The molecule has 5 nitrogen and oxygen atoms in total. The van der Waals surface area contributed by atoms with E-state index in [9.17, 15) is 9.18 Å². The molecule has 2 aromatic rings. The first-order chi connectivity index (χ1) is 11.2. The van der Waals surface area contributed by atoms with Crippen LogP contribution in [0.15, 0.2) is 42.7 Å². The van der Waals surface area contributed by atoms with E-state index in [4.69, 9.17) is 0 Å². The highest BCUT2D eigenvalue weighted by Gasteiger charge is 2.44. The monoisotopic (exact) mass is 316 g/mol. The van der Waals surface area contributed by atoms with Crippen molar-refractivity contribution in [3.63, 3.8) is 0 Å². The summed E-state index contributed by atoms with van der Waals surface area (Å²) in [5.41, 5.74) is -0.0810. The van der Waals surface area contributed by atoms with Crippen molar-refractivity contribution in [1.82, 2.24) is 20.0 Å². The number of hydrogen-bond donors (Lipinski definition) is 1. The molecule has 1 aliphatic rings. The average Bonchev–Trinajstić information content (AvgIpc) is 3.11. The molecule has 1 fully saturated rings. The molecule has 6 heteroatoms. The molecule has 1 amide bonds. The molecular formula is C17H21FN4O. The molecule has 0 aliphatic carbocycles. The zero-order chi connectivity index (χ0) is 16.3. The molecule has 0 saturated carbocycles. The van der Waals surface area contributed by atoms with Crippen molar-refractivity contribution in [2.75, 3.05) is 20.1 Å². The number of benzene rings is 1. The third kappa shape index (κ3) is 2.99. The highest BCUT2D eigenvalue weighted by Crippen LogP contribution is 2.29. The summed E-state index contributed by atoms with van der Waals surface area (Å²) in [6.45, 7) is 1.85. The van der Waals surface area contributed by atoms with Crippen LogP contribution in [-0.2, 0) is 16.9 Å². The van der Waals surface area contributed by atoms with E-state index in [0.717, 1.165) is 19.4 Å². The predicted molar refractivity (Wildman–Crippen MR) is 85.2 cm³/mol. The van der Waals surface area contributed by atoms with Crippen LogP contribution in [0.1, 0.15) is 18.4 Å². The highest BCUT2D eigenvalue weighted by atomic mass is 19.1. The van der Waals surface area contributed by atoms with Crippen LogP contribution in [0.2, 0.25) is 0 Å². The Morgan fingerprint density at radius 1 is 1.39 bits per heavy atom. The van der Waals surface area contributed by atoms with Crippen molar-refractivity contribution in [2.24, 2.45) is 0 Å². The number of piperidine rings is 1. The highest BCUT2D eigenvalue weighted by molar-refractivity contribution is 5.84. The fraction of sp³-hybridized carbons (Fsp3) is 0.412. The fourth-order valence-corrected chi connectivity index (χ4v) is 3.36. The maximum absolute atomic E-state index is 13.9. The van der Waals surface area contributed by atoms with E-state index in [2.05, 4.69) is 15.3 Å². The predicted octanol–water partition coefficient (Wildman–Crippen LogP) is 1.76. The van der Waals surface area contributed by atoms with Gasteiger partial charge in [0.1, 0.15) is 5.82 Å². The summed E-state index contributed by atoms with van der Waals surface area (Å²) in [6.07, 6.45) is 5.09. The minimum Gasteiger partial charge on any atom is -0.357 e. The first kappa shape index (κ1) is 15.7. The van der Waals surface area contributed by atoms with E-state index in [1.54, 1.807) is 30.1 Å². The summed E-state index contributed by atoms with van der Waals surface area (Å²) in [5, 5.41) is 7.05. The quantitative estimate of drug-likeness (QED) is 0.935. The molecule has 1 saturated heterocycles. The normalized spacial score (nSPS) is 22.0. The third-order valence-corrected chi connectivity index (χ3v) is 4.49. The molecule has 0 radical (unpaired) electrons. The van der Waals surface area contributed by atoms with Crippen molar-refractivity contribution in [1.29, 1.82) is 0 Å². The van der Waals surface area contributed by atoms with E-state index in [1.807, 2.05) is 18.3 Å². The van der Waals surface area contributed by atoms with Gasteiger partial charge in [0.15, 0.2) is 5.54 Å². The van der Waals surface area contributed by atoms with Crippen LogP contribution in [0.25, 0.3) is 0 Å². The Balaban J connectivity index is 1.85. The summed E-state index contributed by atoms with van der Waals surface area (Å²) < 4.78 is 15.6. The molecule has 23 heavy (non-hydrogen) atoms. The second-order valence-electron chi connectivity index (χ2n) is 5.97.